The average Bonchev–Trinajstić information content (AvgIpc) is 2.98. The molecule has 0 bridgehead atoms. The number of benzene rings is 1. The van der Waals surface area contributed by atoms with Gasteiger partial charge in [-0.15, -0.1) is 5.10 Å². The predicted octanol–water partition coefficient (Wildman–Crippen LogP) is 4.07. The highest BCUT2D eigenvalue weighted by molar-refractivity contribution is 7.90. The van der Waals surface area contributed by atoms with Crippen LogP contribution in [-0.4, -0.2) is 43.4 Å². The first-order valence-electron chi connectivity index (χ1n) is 12.0. The third-order valence-corrected chi connectivity index (χ3v) is 6.98. The van der Waals surface area contributed by atoms with E-state index in [-0.39, 0.29) is 23.6 Å². The standard InChI is InChI=1S/C28H29ClN8O3S/c1-19(24-14-13-22(18-34-24)41(4,38)39)37(25-10-6-5-9-23(25)29)27(35-30)11-7-8-12-28(36-31)40-20(2)21-15-16-33-26(17-21)32-3/h5-6,9-10,13-18H,1-2,11-12,30-31H2,3-4H3,(H,32,33)/b35-27-,36-28-. The first-order valence-corrected chi connectivity index (χ1v) is 14.3. The zero-order chi connectivity index (χ0) is 30.0. The van der Waals surface area contributed by atoms with Crippen molar-refractivity contribution in [3.63, 3.8) is 0 Å². The summed E-state index contributed by atoms with van der Waals surface area (Å²) in [4.78, 5) is 10.1. The summed E-state index contributed by atoms with van der Waals surface area (Å²) in [5, 5.41) is 11.0. The molecule has 13 heteroatoms. The molecule has 0 saturated heterocycles. The highest BCUT2D eigenvalue weighted by atomic mass is 35.5. The summed E-state index contributed by atoms with van der Waals surface area (Å²) in [5.41, 5.74) is 1.96. The van der Waals surface area contributed by atoms with Crippen LogP contribution < -0.4 is 21.9 Å². The Morgan fingerprint density at radius 3 is 2.44 bits per heavy atom. The van der Waals surface area contributed by atoms with Gasteiger partial charge in [0.05, 0.1) is 39.8 Å². The number of sulfone groups is 1. The maximum absolute atomic E-state index is 11.9. The second-order valence-corrected chi connectivity index (χ2v) is 10.8. The van der Waals surface area contributed by atoms with Crippen molar-refractivity contribution in [2.45, 2.75) is 17.7 Å². The van der Waals surface area contributed by atoms with E-state index in [1.807, 2.05) is 0 Å². The second kappa shape index (κ2) is 14.0. The van der Waals surface area contributed by atoms with Crippen LogP contribution in [0, 0.1) is 11.8 Å². The molecule has 11 nitrogen and oxygen atoms in total. The molecule has 0 spiro atoms. The van der Waals surface area contributed by atoms with Crippen LogP contribution in [0.25, 0.3) is 11.5 Å². The Morgan fingerprint density at radius 1 is 1.10 bits per heavy atom. The average molecular weight is 593 g/mol. The summed E-state index contributed by atoms with van der Waals surface area (Å²) in [7, 11) is -1.67. The molecular formula is C28H29ClN8O3S. The molecule has 0 aliphatic carbocycles. The van der Waals surface area contributed by atoms with Crippen LogP contribution in [0.3, 0.4) is 0 Å². The topological polar surface area (TPSA) is 161 Å². The van der Waals surface area contributed by atoms with Gasteiger partial charge in [-0.05, 0) is 36.4 Å². The van der Waals surface area contributed by atoms with Crippen LogP contribution in [-0.2, 0) is 14.6 Å². The molecule has 0 amide bonds. The Hall–Kier alpha value is -4.86. The quantitative estimate of drug-likeness (QED) is 0.0830. The van der Waals surface area contributed by atoms with Gasteiger partial charge in [0.2, 0.25) is 5.90 Å². The predicted molar refractivity (Wildman–Crippen MR) is 164 cm³/mol. The number of hydrogen-bond donors (Lipinski definition) is 3. The van der Waals surface area contributed by atoms with E-state index in [9.17, 15) is 8.42 Å². The van der Waals surface area contributed by atoms with E-state index in [1.54, 1.807) is 60.6 Å². The Balaban J connectivity index is 1.80. The number of pyridine rings is 2. The lowest BCUT2D eigenvalue weighted by Gasteiger charge is -2.27. The molecule has 212 valence electrons. The number of hydrazone groups is 2. The summed E-state index contributed by atoms with van der Waals surface area (Å²) in [5.74, 6) is 18.7. The normalized spacial score (nSPS) is 11.7. The van der Waals surface area contributed by atoms with Gasteiger partial charge >= 0.3 is 0 Å². The number of nitrogens with zero attached hydrogens (tertiary/aromatic N) is 5. The monoisotopic (exact) mass is 592 g/mol. The number of anilines is 2. The number of ether oxygens (including phenoxy) is 1. The number of aromatic nitrogens is 2. The fourth-order valence-corrected chi connectivity index (χ4v) is 4.25. The van der Waals surface area contributed by atoms with Crippen molar-refractivity contribution in [1.82, 2.24) is 9.97 Å². The van der Waals surface area contributed by atoms with Crippen molar-refractivity contribution in [2.24, 2.45) is 21.9 Å². The van der Waals surface area contributed by atoms with E-state index in [0.29, 0.717) is 45.1 Å². The van der Waals surface area contributed by atoms with E-state index in [0.717, 1.165) is 6.26 Å². The minimum absolute atomic E-state index is 0.0746. The summed E-state index contributed by atoms with van der Waals surface area (Å²) >= 11 is 6.50. The second-order valence-electron chi connectivity index (χ2n) is 8.37. The molecule has 0 saturated carbocycles. The van der Waals surface area contributed by atoms with Crippen LogP contribution in [0.1, 0.15) is 24.1 Å². The van der Waals surface area contributed by atoms with Crippen LogP contribution >= 0.6 is 11.6 Å². The van der Waals surface area contributed by atoms with Crippen LogP contribution in [0.2, 0.25) is 5.02 Å². The van der Waals surface area contributed by atoms with Gasteiger partial charge in [-0.3, -0.25) is 9.88 Å². The number of halogens is 1. The number of amidine groups is 1. The van der Waals surface area contributed by atoms with Crippen molar-refractivity contribution in [3.8, 4) is 11.8 Å². The lowest BCUT2D eigenvalue weighted by Crippen LogP contribution is -2.30. The molecule has 0 aliphatic heterocycles. The van der Waals surface area contributed by atoms with Gasteiger partial charge in [0.15, 0.2) is 9.84 Å². The molecule has 0 fully saturated rings. The Bertz CT molecular complexity index is 1660. The smallest absolute Gasteiger partial charge is 0.223 e. The molecule has 3 rings (SSSR count). The van der Waals surface area contributed by atoms with Gasteiger partial charge in [0, 0.05) is 31.3 Å². The lowest BCUT2D eigenvalue weighted by atomic mass is 10.2. The Labute approximate surface area is 244 Å². The maximum atomic E-state index is 11.9. The van der Waals surface area contributed by atoms with Crippen LogP contribution in [0.15, 0.2) is 89.2 Å². The molecule has 3 aromatic rings. The number of hydrogen-bond acceptors (Lipinski definition) is 10. The Morgan fingerprint density at radius 2 is 1.83 bits per heavy atom. The SMILES string of the molecule is C=C(O/C(CC#CC/C(=N/N)N(C(=C)c1ccc(S(C)(=O)=O)cn1)c1ccccc1Cl)=N\N)c1ccnc(NC)c1. The van der Waals surface area contributed by atoms with E-state index in [4.69, 9.17) is 28.0 Å². The highest BCUT2D eigenvalue weighted by Crippen LogP contribution is 2.32. The summed E-state index contributed by atoms with van der Waals surface area (Å²) < 4.78 is 29.4. The molecule has 5 N–H and O–H groups in total. The third kappa shape index (κ3) is 8.07. The van der Waals surface area contributed by atoms with Crippen LogP contribution in [0.5, 0.6) is 0 Å². The van der Waals surface area contributed by atoms with Gasteiger partial charge in [-0.2, -0.15) is 5.10 Å². The van der Waals surface area contributed by atoms with Crippen molar-refractivity contribution in [3.05, 3.63) is 90.4 Å². The van der Waals surface area contributed by atoms with Crippen molar-refractivity contribution in [2.75, 3.05) is 23.5 Å². The number of nitrogens with two attached hydrogens (primary N) is 2. The first-order chi connectivity index (χ1) is 19.6. The number of para-hydroxylation sites is 1. The minimum atomic E-state index is -3.43. The largest absolute Gasteiger partial charge is 0.440 e. The molecule has 2 aromatic heterocycles. The molecule has 41 heavy (non-hydrogen) atoms. The van der Waals surface area contributed by atoms with Gasteiger partial charge < -0.3 is 21.7 Å². The van der Waals surface area contributed by atoms with E-state index >= 15 is 0 Å². The van der Waals surface area contributed by atoms with Crippen molar-refractivity contribution in [1.29, 1.82) is 0 Å². The molecule has 0 unspecified atom stereocenters. The lowest BCUT2D eigenvalue weighted by molar-refractivity contribution is 0.496. The van der Waals surface area contributed by atoms with Crippen molar-refractivity contribution >= 4 is 56.1 Å². The molecule has 1 aromatic carbocycles. The van der Waals surface area contributed by atoms with E-state index in [2.05, 4.69) is 50.5 Å². The molecule has 0 radical (unpaired) electrons. The Kier molecular flexibility index (Phi) is 10.5. The van der Waals surface area contributed by atoms with Gasteiger partial charge in [-0.1, -0.05) is 48.7 Å². The number of rotatable bonds is 9. The summed E-state index contributed by atoms with van der Waals surface area (Å²) in [6.45, 7) is 8.07. The van der Waals surface area contributed by atoms with E-state index in [1.165, 1.54) is 12.3 Å². The first kappa shape index (κ1) is 30.7. The van der Waals surface area contributed by atoms with Crippen LogP contribution in [0.4, 0.5) is 11.5 Å². The fourth-order valence-electron chi connectivity index (χ4n) is 3.47. The molecule has 2 heterocycles. The maximum Gasteiger partial charge on any atom is 0.223 e. The van der Waals surface area contributed by atoms with Gasteiger partial charge in [-0.25, -0.2) is 13.4 Å². The van der Waals surface area contributed by atoms with Gasteiger partial charge in [0.25, 0.3) is 0 Å². The third-order valence-electron chi connectivity index (χ3n) is 5.56. The zero-order valence-electron chi connectivity index (χ0n) is 22.5. The van der Waals surface area contributed by atoms with E-state index < -0.39 is 9.84 Å². The molecular weight excluding hydrogens is 564 g/mol. The summed E-state index contributed by atoms with van der Waals surface area (Å²) in [6, 6.07) is 13.5. The highest BCUT2D eigenvalue weighted by Gasteiger charge is 2.21. The fraction of sp³-hybridized carbons (Fsp3) is 0.143. The molecule has 0 aliphatic rings. The van der Waals surface area contributed by atoms with Crippen molar-refractivity contribution < 1.29 is 13.2 Å². The minimum Gasteiger partial charge on any atom is -0.440 e. The van der Waals surface area contributed by atoms with Gasteiger partial charge in [0.1, 0.15) is 17.4 Å². The zero-order valence-corrected chi connectivity index (χ0v) is 24.1. The molecule has 0 atom stereocenters. The summed E-state index contributed by atoms with van der Waals surface area (Å²) in [6.07, 6.45) is 4.14. The number of nitrogens with one attached hydrogen (secondary N) is 1.